The Balaban J connectivity index is 1.32. The SMILES string of the molecule is C=C1CCC[C@@]2(C)C[C@H]3OC(=O)[C@@H](CNCCc4ccc(OC)cc4)[C@@H]3C[C@@H]12. The van der Waals surface area contributed by atoms with Gasteiger partial charge in [-0.1, -0.05) is 31.2 Å². The summed E-state index contributed by atoms with van der Waals surface area (Å²) in [5, 5.41) is 3.51. The fourth-order valence-electron chi connectivity index (χ4n) is 5.77. The number of carbonyl (C=O) groups is 1. The number of rotatable bonds is 6. The Kier molecular flexibility index (Phi) is 5.50. The van der Waals surface area contributed by atoms with Gasteiger partial charge in [0.25, 0.3) is 0 Å². The topological polar surface area (TPSA) is 47.6 Å². The highest BCUT2D eigenvalue weighted by molar-refractivity contribution is 5.75. The molecule has 1 heterocycles. The molecule has 0 radical (unpaired) electrons. The first-order valence-corrected chi connectivity index (χ1v) is 10.7. The summed E-state index contributed by atoms with van der Waals surface area (Å²) in [6.45, 7) is 8.33. The quantitative estimate of drug-likeness (QED) is 0.456. The van der Waals surface area contributed by atoms with Gasteiger partial charge in [-0.2, -0.15) is 0 Å². The Morgan fingerprint density at radius 1 is 1.32 bits per heavy atom. The Bertz CT molecular complexity index is 728. The minimum Gasteiger partial charge on any atom is -0.497 e. The summed E-state index contributed by atoms with van der Waals surface area (Å²) in [5.74, 6) is 1.76. The van der Waals surface area contributed by atoms with Crippen molar-refractivity contribution in [1.29, 1.82) is 0 Å². The zero-order valence-corrected chi connectivity index (χ0v) is 17.2. The number of hydrogen-bond acceptors (Lipinski definition) is 4. The van der Waals surface area contributed by atoms with E-state index < -0.39 is 0 Å². The average Bonchev–Trinajstić information content (AvgIpc) is 2.98. The maximum Gasteiger partial charge on any atom is 0.310 e. The molecule has 0 amide bonds. The van der Waals surface area contributed by atoms with Gasteiger partial charge in [-0.05, 0) is 74.1 Å². The van der Waals surface area contributed by atoms with Crippen LogP contribution in [0, 0.1) is 23.2 Å². The first kappa shape index (κ1) is 19.5. The minimum atomic E-state index is -0.0138. The van der Waals surface area contributed by atoms with E-state index >= 15 is 0 Å². The summed E-state index contributed by atoms with van der Waals surface area (Å²) >= 11 is 0. The number of esters is 1. The van der Waals surface area contributed by atoms with Crippen LogP contribution in [0.2, 0.25) is 0 Å². The molecule has 28 heavy (non-hydrogen) atoms. The molecule has 4 heteroatoms. The van der Waals surface area contributed by atoms with Gasteiger partial charge >= 0.3 is 5.97 Å². The summed E-state index contributed by atoms with van der Waals surface area (Å²) in [6.07, 6.45) is 6.74. The molecular weight excluding hydrogens is 350 g/mol. The first-order chi connectivity index (χ1) is 13.5. The van der Waals surface area contributed by atoms with E-state index in [0.29, 0.717) is 18.4 Å². The second-order valence-electron chi connectivity index (χ2n) is 9.21. The van der Waals surface area contributed by atoms with Crippen LogP contribution >= 0.6 is 0 Å². The van der Waals surface area contributed by atoms with Crippen molar-refractivity contribution >= 4 is 5.97 Å². The molecule has 1 aromatic rings. The Hall–Kier alpha value is -1.81. The van der Waals surface area contributed by atoms with Gasteiger partial charge in [0.2, 0.25) is 0 Å². The molecule has 0 spiro atoms. The van der Waals surface area contributed by atoms with Gasteiger partial charge in [0.05, 0.1) is 13.0 Å². The molecule has 1 saturated heterocycles. The van der Waals surface area contributed by atoms with Crippen molar-refractivity contribution < 1.29 is 14.3 Å². The summed E-state index contributed by atoms with van der Waals surface area (Å²) in [7, 11) is 1.68. The van der Waals surface area contributed by atoms with E-state index in [1.807, 2.05) is 12.1 Å². The maximum atomic E-state index is 12.6. The second kappa shape index (κ2) is 7.90. The molecule has 5 atom stereocenters. The lowest BCUT2D eigenvalue weighted by molar-refractivity contribution is -0.146. The van der Waals surface area contributed by atoms with E-state index in [9.17, 15) is 4.79 Å². The summed E-state index contributed by atoms with van der Waals surface area (Å²) in [5.41, 5.74) is 2.94. The van der Waals surface area contributed by atoms with Gasteiger partial charge in [0.15, 0.2) is 0 Å². The number of methoxy groups -OCH3 is 1. The second-order valence-corrected chi connectivity index (χ2v) is 9.21. The third-order valence-corrected chi connectivity index (χ3v) is 7.43. The lowest BCUT2D eigenvalue weighted by Crippen LogP contribution is -2.45. The van der Waals surface area contributed by atoms with E-state index in [-0.39, 0.29) is 23.4 Å². The molecular formula is C24H33NO3. The molecule has 1 aromatic carbocycles. The van der Waals surface area contributed by atoms with Crippen LogP contribution in [0.5, 0.6) is 5.75 Å². The van der Waals surface area contributed by atoms with Gasteiger partial charge in [0, 0.05) is 12.5 Å². The lowest BCUT2D eigenvalue weighted by Gasteiger charge is -2.50. The van der Waals surface area contributed by atoms with Gasteiger partial charge in [-0.3, -0.25) is 4.79 Å². The number of allylic oxidation sites excluding steroid dienone is 1. The number of ether oxygens (including phenoxy) is 2. The highest BCUT2D eigenvalue weighted by atomic mass is 16.6. The average molecular weight is 384 g/mol. The van der Waals surface area contributed by atoms with Crippen molar-refractivity contribution in [3.63, 3.8) is 0 Å². The highest BCUT2D eigenvalue weighted by Crippen LogP contribution is 2.56. The number of carbonyl (C=O) groups excluding carboxylic acids is 1. The van der Waals surface area contributed by atoms with Crippen molar-refractivity contribution in [2.75, 3.05) is 20.2 Å². The summed E-state index contributed by atoms with van der Waals surface area (Å²) < 4.78 is 11.0. The molecule has 0 unspecified atom stereocenters. The smallest absolute Gasteiger partial charge is 0.310 e. The third kappa shape index (κ3) is 3.71. The van der Waals surface area contributed by atoms with E-state index in [1.165, 1.54) is 24.0 Å². The van der Waals surface area contributed by atoms with Crippen molar-refractivity contribution in [2.45, 2.75) is 51.6 Å². The molecule has 1 N–H and O–H groups in total. The zero-order chi connectivity index (χ0) is 19.7. The van der Waals surface area contributed by atoms with Crippen molar-refractivity contribution in [3.8, 4) is 5.75 Å². The van der Waals surface area contributed by atoms with Crippen LogP contribution in [0.1, 0.15) is 44.6 Å². The molecule has 1 aliphatic heterocycles. The largest absolute Gasteiger partial charge is 0.497 e. The Morgan fingerprint density at radius 3 is 2.86 bits per heavy atom. The molecule has 4 nitrogen and oxygen atoms in total. The van der Waals surface area contributed by atoms with E-state index in [1.54, 1.807) is 7.11 Å². The van der Waals surface area contributed by atoms with Crippen LogP contribution in [0.15, 0.2) is 36.4 Å². The van der Waals surface area contributed by atoms with E-state index in [0.717, 1.165) is 38.0 Å². The Labute approximate surface area is 168 Å². The van der Waals surface area contributed by atoms with Gasteiger partial charge in [-0.25, -0.2) is 0 Å². The van der Waals surface area contributed by atoms with Crippen LogP contribution < -0.4 is 10.1 Å². The molecule has 2 saturated carbocycles. The van der Waals surface area contributed by atoms with Crippen LogP contribution in [-0.2, 0) is 16.0 Å². The van der Waals surface area contributed by atoms with Crippen LogP contribution in [-0.4, -0.2) is 32.3 Å². The lowest BCUT2D eigenvalue weighted by atomic mass is 9.55. The normalized spacial score (nSPS) is 34.5. The highest BCUT2D eigenvalue weighted by Gasteiger charge is 2.54. The van der Waals surface area contributed by atoms with Crippen molar-refractivity contribution in [2.24, 2.45) is 23.2 Å². The number of benzene rings is 1. The van der Waals surface area contributed by atoms with Gasteiger partial charge < -0.3 is 14.8 Å². The monoisotopic (exact) mass is 383 g/mol. The van der Waals surface area contributed by atoms with Gasteiger partial charge in [-0.15, -0.1) is 0 Å². The molecule has 0 aromatic heterocycles. The molecule has 152 valence electrons. The van der Waals surface area contributed by atoms with E-state index in [2.05, 4.69) is 31.0 Å². The molecule has 2 aliphatic carbocycles. The first-order valence-electron chi connectivity index (χ1n) is 10.7. The van der Waals surface area contributed by atoms with E-state index in [4.69, 9.17) is 9.47 Å². The zero-order valence-electron chi connectivity index (χ0n) is 17.2. The fourth-order valence-corrected chi connectivity index (χ4v) is 5.77. The minimum absolute atomic E-state index is 0.000179. The predicted octanol–water partition coefficient (Wildman–Crippen LogP) is 4.14. The summed E-state index contributed by atoms with van der Waals surface area (Å²) in [6, 6.07) is 8.17. The standard InChI is InChI=1S/C24H33NO3/c1-16-5-4-11-24(2)14-22-19(13-21(16)24)20(23(26)28-22)15-25-12-10-17-6-8-18(27-3)9-7-17/h6-9,19-22,25H,1,4-5,10-15H2,2-3H3/t19-,20-,21-,22+,24-/m0/s1. The van der Waals surface area contributed by atoms with Crippen LogP contribution in [0.25, 0.3) is 0 Å². The fraction of sp³-hybridized carbons (Fsp3) is 0.625. The van der Waals surface area contributed by atoms with Crippen molar-refractivity contribution in [3.05, 3.63) is 42.0 Å². The molecule has 0 bridgehead atoms. The number of fused-ring (bicyclic) bond motifs is 2. The predicted molar refractivity (Wildman–Crippen MR) is 110 cm³/mol. The summed E-state index contributed by atoms with van der Waals surface area (Å²) in [4.78, 5) is 12.6. The molecule has 3 fully saturated rings. The number of nitrogens with one attached hydrogen (secondary N) is 1. The Morgan fingerprint density at radius 2 is 2.11 bits per heavy atom. The van der Waals surface area contributed by atoms with Crippen LogP contribution in [0.3, 0.4) is 0 Å². The maximum absolute atomic E-state index is 12.6. The van der Waals surface area contributed by atoms with Crippen molar-refractivity contribution in [1.82, 2.24) is 5.32 Å². The van der Waals surface area contributed by atoms with Crippen LogP contribution in [0.4, 0.5) is 0 Å². The third-order valence-electron chi connectivity index (χ3n) is 7.43. The number of hydrogen-bond donors (Lipinski definition) is 1. The molecule has 3 aliphatic rings. The van der Waals surface area contributed by atoms with Gasteiger partial charge in [0.1, 0.15) is 11.9 Å². The molecule has 4 rings (SSSR count).